The topological polar surface area (TPSA) is 63.2 Å². The Balaban J connectivity index is 2.89. The Bertz CT molecular complexity index is 495. The minimum atomic E-state index is -1.86. The monoisotopic (exact) mass is 402 g/mol. The third-order valence-electron chi connectivity index (χ3n) is 5.84. The lowest BCUT2D eigenvalue weighted by Crippen LogP contribution is -2.45. The third kappa shape index (κ3) is 6.68. The third-order valence-corrected chi connectivity index (χ3v) is 10.3. The van der Waals surface area contributed by atoms with Crippen molar-refractivity contribution in [2.45, 2.75) is 70.7 Å². The molecule has 158 valence electrons. The first-order valence-electron chi connectivity index (χ1n) is 9.58. The largest absolute Gasteiger partial charge is 0.469 e. The van der Waals surface area contributed by atoms with Gasteiger partial charge >= 0.3 is 5.97 Å². The fourth-order valence-corrected chi connectivity index (χ4v) is 3.88. The quantitative estimate of drug-likeness (QED) is 0.253. The highest BCUT2D eigenvalue weighted by molar-refractivity contribution is 6.74. The highest BCUT2D eigenvalue weighted by Crippen LogP contribution is 2.37. The normalized spacial score (nSPS) is 24.9. The van der Waals surface area contributed by atoms with Gasteiger partial charge in [-0.3, -0.25) is 4.79 Å². The minimum Gasteiger partial charge on any atom is -0.469 e. The number of rotatable bonds is 9. The molecule has 1 aliphatic rings. The number of carbonyl (C=O) groups excluding carboxylic acids is 1. The summed E-state index contributed by atoms with van der Waals surface area (Å²) >= 11 is 0. The van der Waals surface area contributed by atoms with Gasteiger partial charge in [-0.05, 0) is 18.1 Å². The molecule has 0 aromatic rings. The molecule has 1 rings (SSSR count). The van der Waals surface area contributed by atoms with Gasteiger partial charge in [-0.1, -0.05) is 39.8 Å². The van der Waals surface area contributed by atoms with Gasteiger partial charge < -0.3 is 23.4 Å². The second-order valence-electron chi connectivity index (χ2n) is 8.70. The molecule has 0 N–H and O–H groups in total. The molecular weight excluding hydrogens is 364 g/mol. The molecule has 0 aromatic carbocycles. The molecule has 0 spiro atoms. The van der Waals surface area contributed by atoms with Crippen molar-refractivity contribution in [2.24, 2.45) is 11.8 Å². The molecule has 0 bridgehead atoms. The van der Waals surface area contributed by atoms with Gasteiger partial charge in [-0.15, -0.1) is 0 Å². The van der Waals surface area contributed by atoms with Crippen molar-refractivity contribution in [3.8, 4) is 0 Å². The van der Waals surface area contributed by atoms with E-state index in [1.54, 1.807) is 14.2 Å². The van der Waals surface area contributed by atoms with Crippen molar-refractivity contribution in [1.29, 1.82) is 0 Å². The average Bonchev–Trinajstić information content (AvgIpc) is 2.62. The van der Waals surface area contributed by atoms with Crippen LogP contribution in [0.3, 0.4) is 0 Å². The molecule has 4 atom stereocenters. The molecular formula is C20H38O6Si. The number of hydrogen-bond acceptors (Lipinski definition) is 6. The Labute approximate surface area is 165 Å². The van der Waals surface area contributed by atoms with Crippen LogP contribution in [0.4, 0.5) is 0 Å². The van der Waals surface area contributed by atoms with Gasteiger partial charge in [-0.25, -0.2) is 0 Å². The van der Waals surface area contributed by atoms with Crippen LogP contribution in [0.1, 0.15) is 34.1 Å². The van der Waals surface area contributed by atoms with Gasteiger partial charge in [0, 0.05) is 26.6 Å². The van der Waals surface area contributed by atoms with Crippen molar-refractivity contribution in [3.63, 3.8) is 0 Å². The van der Waals surface area contributed by atoms with Crippen molar-refractivity contribution in [2.75, 3.05) is 27.9 Å². The number of methoxy groups -OCH3 is 3. The molecule has 0 fully saturated rings. The molecule has 27 heavy (non-hydrogen) atoms. The number of carbonyl (C=O) groups is 1. The number of esters is 1. The van der Waals surface area contributed by atoms with Crippen LogP contribution in [0.15, 0.2) is 12.2 Å². The first-order valence-corrected chi connectivity index (χ1v) is 12.5. The zero-order chi connectivity index (χ0) is 20.8. The van der Waals surface area contributed by atoms with E-state index in [-0.39, 0.29) is 35.1 Å². The van der Waals surface area contributed by atoms with Crippen LogP contribution in [0, 0.1) is 11.8 Å². The summed E-state index contributed by atoms with van der Waals surface area (Å²) in [5.74, 6) is -0.664. The lowest BCUT2D eigenvalue weighted by molar-refractivity contribution is -0.160. The lowest BCUT2D eigenvalue weighted by Gasteiger charge is -2.39. The van der Waals surface area contributed by atoms with E-state index >= 15 is 0 Å². The Morgan fingerprint density at radius 1 is 1.15 bits per heavy atom. The Morgan fingerprint density at radius 2 is 1.74 bits per heavy atom. The fourth-order valence-electron chi connectivity index (χ4n) is 2.86. The van der Waals surface area contributed by atoms with E-state index in [0.29, 0.717) is 13.0 Å². The van der Waals surface area contributed by atoms with E-state index in [4.69, 9.17) is 23.4 Å². The minimum absolute atomic E-state index is 0.102. The van der Waals surface area contributed by atoms with E-state index in [1.165, 1.54) is 7.11 Å². The maximum atomic E-state index is 12.0. The highest BCUT2D eigenvalue weighted by atomic mass is 28.4. The van der Waals surface area contributed by atoms with E-state index in [1.807, 2.05) is 13.0 Å². The van der Waals surface area contributed by atoms with Crippen LogP contribution in [-0.2, 0) is 28.2 Å². The molecule has 0 saturated carbocycles. The summed E-state index contributed by atoms with van der Waals surface area (Å²) in [5.41, 5.74) is 0. The smallest absolute Gasteiger partial charge is 0.309 e. The van der Waals surface area contributed by atoms with Crippen LogP contribution in [0.25, 0.3) is 0 Å². The van der Waals surface area contributed by atoms with Crippen LogP contribution in [0.5, 0.6) is 0 Å². The zero-order valence-electron chi connectivity index (χ0n) is 18.4. The standard InChI is InChI=1S/C20H38O6Si/c1-14(19(21)24-7)16-11-10-15(13-25-27(8,9)20(2,3)4)26-17(16)12-18(22-5)23-6/h10-11,14-18H,12-13H2,1-9H3/t14?,15-,16+,17+/m0/s1. The molecule has 0 aliphatic carbocycles. The summed E-state index contributed by atoms with van der Waals surface area (Å²) in [5, 5.41) is 0.143. The van der Waals surface area contributed by atoms with Gasteiger partial charge in [0.2, 0.25) is 0 Å². The van der Waals surface area contributed by atoms with E-state index in [0.717, 1.165) is 0 Å². The van der Waals surface area contributed by atoms with E-state index in [2.05, 4.69) is 39.9 Å². The molecule has 6 nitrogen and oxygen atoms in total. The maximum absolute atomic E-state index is 12.0. The van der Waals surface area contributed by atoms with Crippen molar-refractivity contribution in [1.82, 2.24) is 0 Å². The molecule has 0 amide bonds. The Kier molecular flexibility index (Phi) is 9.15. The van der Waals surface area contributed by atoms with E-state index < -0.39 is 14.6 Å². The molecule has 0 aromatic heterocycles. The van der Waals surface area contributed by atoms with Crippen LogP contribution < -0.4 is 0 Å². The Morgan fingerprint density at radius 3 is 2.22 bits per heavy atom. The van der Waals surface area contributed by atoms with Gasteiger partial charge in [0.25, 0.3) is 0 Å². The van der Waals surface area contributed by atoms with Crippen molar-refractivity contribution in [3.05, 3.63) is 12.2 Å². The number of hydrogen-bond donors (Lipinski definition) is 0. The molecule has 7 heteroatoms. The summed E-state index contributed by atoms with van der Waals surface area (Å²) < 4.78 is 28.2. The van der Waals surface area contributed by atoms with Crippen LogP contribution >= 0.6 is 0 Å². The highest BCUT2D eigenvalue weighted by Gasteiger charge is 2.40. The van der Waals surface area contributed by atoms with Crippen LogP contribution in [-0.4, -0.2) is 60.7 Å². The SMILES string of the molecule is COC(=O)C(C)[C@H]1C=C[C@@H](CO[Si](C)(C)C(C)(C)C)O[C@@H]1CC(OC)OC. The average molecular weight is 403 g/mol. The summed E-state index contributed by atoms with van der Waals surface area (Å²) in [6, 6.07) is 0. The van der Waals surface area contributed by atoms with Crippen molar-refractivity contribution >= 4 is 14.3 Å². The lowest BCUT2D eigenvalue weighted by atomic mass is 9.84. The summed E-state index contributed by atoms with van der Waals surface area (Å²) in [7, 11) is 2.75. The summed E-state index contributed by atoms with van der Waals surface area (Å²) in [6.07, 6.45) is 3.82. The van der Waals surface area contributed by atoms with Crippen molar-refractivity contribution < 1.29 is 28.2 Å². The molecule has 1 heterocycles. The van der Waals surface area contributed by atoms with Gasteiger partial charge in [0.15, 0.2) is 14.6 Å². The molecule has 0 radical (unpaired) electrons. The molecule has 1 aliphatic heterocycles. The molecule has 1 unspecified atom stereocenters. The zero-order valence-corrected chi connectivity index (χ0v) is 19.4. The predicted octanol–water partition coefficient (Wildman–Crippen LogP) is 3.77. The number of ether oxygens (including phenoxy) is 4. The second-order valence-corrected chi connectivity index (χ2v) is 13.5. The van der Waals surface area contributed by atoms with Gasteiger partial charge in [0.05, 0.1) is 31.8 Å². The first-order chi connectivity index (χ1) is 12.5. The molecule has 0 saturated heterocycles. The van der Waals surface area contributed by atoms with Crippen LogP contribution in [0.2, 0.25) is 18.1 Å². The summed E-state index contributed by atoms with van der Waals surface area (Å²) in [4.78, 5) is 12.0. The maximum Gasteiger partial charge on any atom is 0.309 e. The summed E-state index contributed by atoms with van der Waals surface area (Å²) in [6.45, 7) is 13.5. The second kappa shape index (κ2) is 10.2. The Hall–Kier alpha value is -0.733. The fraction of sp³-hybridized carbons (Fsp3) is 0.850. The van der Waals surface area contributed by atoms with Gasteiger partial charge in [0.1, 0.15) is 0 Å². The predicted molar refractivity (Wildman–Crippen MR) is 108 cm³/mol. The first kappa shape index (κ1) is 24.3. The van der Waals surface area contributed by atoms with E-state index in [9.17, 15) is 4.79 Å². The van der Waals surface area contributed by atoms with Gasteiger partial charge in [-0.2, -0.15) is 0 Å².